The van der Waals surface area contributed by atoms with Crippen molar-refractivity contribution >= 4 is 33.1 Å². The Morgan fingerprint density at radius 3 is 2.26 bits per heavy atom. The molecule has 2 rings (SSSR count). The van der Waals surface area contributed by atoms with Gasteiger partial charge in [-0.2, -0.15) is 12.7 Å². The molecule has 0 fully saturated rings. The van der Waals surface area contributed by atoms with Crippen molar-refractivity contribution < 1.29 is 32.3 Å². The van der Waals surface area contributed by atoms with E-state index < -0.39 is 44.7 Å². The number of amides is 1. The van der Waals surface area contributed by atoms with Crippen LogP contribution in [0.1, 0.15) is 34.6 Å². The van der Waals surface area contributed by atoms with Crippen LogP contribution in [0.4, 0.5) is 4.79 Å². The van der Waals surface area contributed by atoms with Gasteiger partial charge in [0.05, 0.1) is 12.0 Å². The number of carbonyl (C=O) groups is 2. The number of rotatable bonds is 5. The van der Waals surface area contributed by atoms with Crippen LogP contribution in [0.2, 0.25) is 0 Å². The van der Waals surface area contributed by atoms with Gasteiger partial charge >= 0.3 is 22.1 Å². The van der Waals surface area contributed by atoms with E-state index in [1.54, 1.807) is 45.0 Å². The Kier molecular flexibility index (Phi) is 5.29. The number of furan rings is 1. The third-order valence-corrected chi connectivity index (χ3v) is 5.23. The first-order valence-corrected chi connectivity index (χ1v) is 9.66. The molecule has 1 N–H and O–H groups in total. The largest absolute Gasteiger partial charge is 0.481 e. The number of para-hydroxylation sites is 1. The summed E-state index contributed by atoms with van der Waals surface area (Å²) >= 11 is 0. The lowest BCUT2D eigenvalue weighted by Crippen LogP contribution is -2.47. The molecule has 0 unspecified atom stereocenters. The van der Waals surface area contributed by atoms with Gasteiger partial charge in [-0.1, -0.05) is 18.2 Å². The van der Waals surface area contributed by atoms with Gasteiger partial charge in [0.2, 0.25) is 5.09 Å². The first-order valence-electron chi connectivity index (χ1n) is 8.22. The van der Waals surface area contributed by atoms with Crippen molar-refractivity contribution in [3.63, 3.8) is 0 Å². The summed E-state index contributed by atoms with van der Waals surface area (Å²) in [5, 5.41) is 9.44. The van der Waals surface area contributed by atoms with Crippen LogP contribution in [0.25, 0.3) is 11.0 Å². The fraction of sp³-hybridized carbons (Fsp3) is 0.444. The maximum atomic E-state index is 13.1. The van der Waals surface area contributed by atoms with Gasteiger partial charge in [0.1, 0.15) is 11.2 Å². The number of ether oxygens (including phenoxy) is 1. The van der Waals surface area contributed by atoms with Crippen LogP contribution in [0.3, 0.4) is 0 Å². The van der Waals surface area contributed by atoms with Gasteiger partial charge < -0.3 is 14.3 Å². The quantitative estimate of drug-likeness (QED) is 0.821. The van der Waals surface area contributed by atoms with E-state index in [2.05, 4.69) is 0 Å². The predicted molar refractivity (Wildman–Crippen MR) is 97.8 cm³/mol. The smallest absolute Gasteiger partial charge is 0.424 e. The second-order valence-corrected chi connectivity index (χ2v) is 9.58. The van der Waals surface area contributed by atoms with Crippen LogP contribution >= 0.6 is 0 Å². The highest BCUT2D eigenvalue weighted by atomic mass is 32.2. The molecule has 1 aromatic carbocycles. The zero-order valence-corrected chi connectivity index (χ0v) is 16.7. The summed E-state index contributed by atoms with van der Waals surface area (Å²) in [6, 6.07) is 7.94. The molecule has 1 amide bonds. The molecule has 2 aromatic rings. The predicted octanol–water partition coefficient (Wildman–Crippen LogP) is 3.47. The molecular formula is C18H23NO7S. The molecule has 0 saturated carbocycles. The molecule has 1 heterocycles. The summed E-state index contributed by atoms with van der Waals surface area (Å²) in [6.45, 7) is 6.77. The minimum absolute atomic E-state index is 0.331. The number of benzene rings is 1. The van der Waals surface area contributed by atoms with Gasteiger partial charge in [-0.25, -0.2) is 4.79 Å². The second-order valence-electron chi connectivity index (χ2n) is 7.78. The highest BCUT2D eigenvalue weighted by Crippen LogP contribution is 2.29. The highest BCUT2D eigenvalue weighted by Gasteiger charge is 2.41. The highest BCUT2D eigenvalue weighted by molar-refractivity contribution is 7.89. The number of fused-ring (bicyclic) bond motifs is 1. The van der Waals surface area contributed by atoms with Gasteiger partial charge in [-0.15, -0.1) is 0 Å². The zero-order valence-electron chi connectivity index (χ0n) is 15.8. The van der Waals surface area contributed by atoms with E-state index in [9.17, 15) is 23.1 Å². The fourth-order valence-electron chi connectivity index (χ4n) is 2.18. The SMILES string of the molecule is CC(C)(C)OC(=O)N(CC(C)(C)C(=O)O)S(=O)(=O)c1cc2ccccc2o1. The van der Waals surface area contributed by atoms with Crippen molar-refractivity contribution in [1.29, 1.82) is 0 Å². The van der Waals surface area contributed by atoms with Gasteiger partial charge in [0.15, 0.2) is 0 Å². The zero-order chi connectivity index (χ0) is 20.6. The fourth-order valence-corrected chi connectivity index (χ4v) is 3.59. The molecule has 0 aliphatic heterocycles. The Hall–Kier alpha value is -2.55. The van der Waals surface area contributed by atoms with Crippen LogP contribution in [0.15, 0.2) is 39.8 Å². The van der Waals surface area contributed by atoms with Crippen LogP contribution in [0.5, 0.6) is 0 Å². The molecule has 0 aliphatic carbocycles. The van der Waals surface area contributed by atoms with Crippen LogP contribution in [0, 0.1) is 5.41 Å². The number of carbonyl (C=O) groups excluding carboxylic acids is 1. The van der Waals surface area contributed by atoms with E-state index in [-0.39, 0.29) is 0 Å². The first-order chi connectivity index (χ1) is 12.2. The van der Waals surface area contributed by atoms with Crippen molar-refractivity contribution in [3.8, 4) is 0 Å². The van der Waals surface area contributed by atoms with Gasteiger partial charge in [0.25, 0.3) is 0 Å². The lowest BCUT2D eigenvalue weighted by molar-refractivity contribution is -0.147. The van der Waals surface area contributed by atoms with Crippen LogP contribution in [-0.2, 0) is 19.6 Å². The van der Waals surface area contributed by atoms with Gasteiger partial charge in [-0.3, -0.25) is 4.79 Å². The number of hydrogen-bond acceptors (Lipinski definition) is 6. The second kappa shape index (κ2) is 6.88. The van der Waals surface area contributed by atoms with E-state index in [4.69, 9.17) is 9.15 Å². The van der Waals surface area contributed by atoms with E-state index in [1.807, 2.05) is 0 Å². The van der Waals surface area contributed by atoms with Crippen molar-refractivity contribution in [2.45, 2.75) is 45.3 Å². The molecule has 1 aromatic heterocycles. The molecule has 0 radical (unpaired) electrons. The lowest BCUT2D eigenvalue weighted by Gasteiger charge is -2.30. The summed E-state index contributed by atoms with van der Waals surface area (Å²) in [7, 11) is -4.47. The summed E-state index contributed by atoms with van der Waals surface area (Å²) in [4.78, 5) is 24.1. The number of nitrogens with zero attached hydrogens (tertiary/aromatic N) is 1. The van der Waals surface area contributed by atoms with Crippen LogP contribution < -0.4 is 0 Å². The summed E-state index contributed by atoms with van der Waals surface area (Å²) in [6.07, 6.45) is -1.17. The molecule has 148 valence electrons. The number of aliphatic carboxylic acids is 1. The first kappa shape index (κ1) is 20.8. The molecular weight excluding hydrogens is 374 g/mol. The average molecular weight is 397 g/mol. The molecule has 0 atom stereocenters. The standard InChI is InChI=1S/C18H23NO7S/c1-17(2,3)26-16(22)19(11-18(4,5)15(20)21)27(23,24)14-10-12-8-6-7-9-13(12)25-14/h6-10H,11H2,1-5H3,(H,20,21). The third-order valence-electron chi connectivity index (χ3n) is 3.66. The Bertz CT molecular complexity index is 934. The molecule has 0 spiro atoms. The average Bonchev–Trinajstić information content (AvgIpc) is 2.95. The summed E-state index contributed by atoms with van der Waals surface area (Å²) < 4.78 is 37.1. The Balaban J connectivity index is 2.52. The van der Waals surface area contributed by atoms with Crippen molar-refractivity contribution in [3.05, 3.63) is 30.3 Å². The number of sulfonamides is 1. The number of carboxylic acids is 1. The van der Waals surface area contributed by atoms with E-state index in [0.29, 0.717) is 15.3 Å². The van der Waals surface area contributed by atoms with Crippen molar-refractivity contribution in [2.75, 3.05) is 6.54 Å². The maximum absolute atomic E-state index is 13.1. The summed E-state index contributed by atoms with van der Waals surface area (Å²) in [5.74, 6) is -1.25. The van der Waals surface area contributed by atoms with Gasteiger partial charge in [-0.05, 0) is 40.7 Å². The molecule has 0 bridgehead atoms. The lowest BCUT2D eigenvalue weighted by atomic mass is 9.94. The Labute approximate surface area is 157 Å². The Morgan fingerprint density at radius 1 is 1.15 bits per heavy atom. The summed E-state index contributed by atoms with van der Waals surface area (Å²) in [5.41, 5.74) is -2.17. The van der Waals surface area contributed by atoms with E-state index in [0.717, 1.165) is 0 Å². The molecule has 8 nitrogen and oxygen atoms in total. The van der Waals surface area contributed by atoms with Crippen molar-refractivity contribution in [2.24, 2.45) is 5.41 Å². The number of carboxylic acid groups (broad SMARTS) is 1. The minimum atomic E-state index is -4.47. The third kappa shape index (κ3) is 4.60. The van der Waals surface area contributed by atoms with Gasteiger partial charge in [0, 0.05) is 11.5 Å². The maximum Gasteiger partial charge on any atom is 0.424 e. The van der Waals surface area contributed by atoms with E-state index >= 15 is 0 Å². The molecule has 27 heavy (non-hydrogen) atoms. The van der Waals surface area contributed by atoms with Crippen LogP contribution in [-0.4, -0.2) is 42.0 Å². The van der Waals surface area contributed by atoms with Crippen molar-refractivity contribution in [1.82, 2.24) is 4.31 Å². The monoisotopic (exact) mass is 397 g/mol. The van der Waals surface area contributed by atoms with E-state index in [1.165, 1.54) is 19.9 Å². The molecule has 0 saturated heterocycles. The number of hydrogen-bond donors (Lipinski definition) is 1. The molecule has 0 aliphatic rings. The topological polar surface area (TPSA) is 114 Å². The minimum Gasteiger partial charge on any atom is -0.481 e. The molecule has 9 heteroatoms. The Morgan fingerprint density at radius 2 is 1.74 bits per heavy atom. The normalized spacial score (nSPS) is 12.8.